The molecule has 2 fully saturated rings. The van der Waals surface area contributed by atoms with Gasteiger partial charge in [0, 0.05) is 32.2 Å². The van der Waals surface area contributed by atoms with E-state index in [1.807, 2.05) is 4.90 Å². The first-order chi connectivity index (χ1) is 11.9. The van der Waals surface area contributed by atoms with E-state index in [-0.39, 0.29) is 11.9 Å². The summed E-state index contributed by atoms with van der Waals surface area (Å²) in [7, 11) is -2.02. The summed E-state index contributed by atoms with van der Waals surface area (Å²) in [5.41, 5.74) is 0.666. The zero-order valence-electron chi connectivity index (χ0n) is 14.7. The number of ether oxygens (including phenoxy) is 1. The molecule has 7 nitrogen and oxygen atoms in total. The molecule has 0 saturated carbocycles. The largest absolute Gasteiger partial charge is 0.497 e. The predicted octanol–water partition coefficient (Wildman–Crippen LogP) is 0.589. The van der Waals surface area contributed by atoms with Crippen molar-refractivity contribution >= 4 is 15.9 Å². The highest BCUT2D eigenvalue weighted by Crippen LogP contribution is 2.27. The van der Waals surface area contributed by atoms with Gasteiger partial charge < -0.3 is 15.0 Å². The molecule has 1 atom stereocenters. The average Bonchev–Trinajstić information content (AvgIpc) is 2.62. The zero-order chi connectivity index (χ0) is 18.0. The molecule has 8 heteroatoms. The summed E-state index contributed by atoms with van der Waals surface area (Å²) in [6.07, 6.45) is 1.61. The molecule has 2 heterocycles. The third kappa shape index (κ3) is 3.65. The summed E-state index contributed by atoms with van der Waals surface area (Å²) < 4.78 is 32.9. The van der Waals surface area contributed by atoms with E-state index < -0.39 is 10.0 Å². The lowest BCUT2D eigenvalue weighted by Crippen LogP contribution is -2.57. The minimum atomic E-state index is -3.58. The second-order valence-electron chi connectivity index (χ2n) is 6.55. The highest BCUT2D eigenvalue weighted by molar-refractivity contribution is 7.89. The molecule has 0 bridgehead atoms. The average molecular weight is 367 g/mol. The number of carbonyl (C=O) groups excluding carboxylic acids is 1. The van der Waals surface area contributed by atoms with Gasteiger partial charge in [-0.15, -0.1) is 0 Å². The minimum Gasteiger partial charge on any atom is -0.497 e. The molecule has 0 spiro atoms. The molecule has 0 aromatic heterocycles. The van der Waals surface area contributed by atoms with Crippen molar-refractivity contribution in [3.63, 3.8) is 0 Å². The van der Waals surface area contributed by atoms with Gasteiger partial charge in [-0.2, -0.15) is 4.31 Å². The van der Waals surface area contributed by atoms with Crippen molar-refractivity contribution in [3.8, 4) is 5.75 Å². The van der Waals surface area contributed by atoms with Gasteiger partial charge in [-0.1, -0.05) is 0 Å². The number of nitrogens with one attached hydrogen (secondary N) is 1. The molecule has 1 N–H and O–H groups in total. The van der Waals surface area contributed by atoms with E-state index in [0.717, 1.165) is 19.4 Å². The first kappa shape index (κ1) is 18.2. The monoisotopic (exact) mass is 367 g/mol. The number of amides is 1. The summed E-state index contributed by atoms with van der Waals surface area (Å²) in [4.78, 5) is 14.3. The van der Waals surface area contributed by atoms with E-state index in [1.165, 1.54) is 4.31 Å². The third-order valence-corrected chi connectivity index (χ3v) is 6.95. The molecule has 3 rings (SSSR count). The highest BCUT2D eigenvalue weighted by atomic mass is 32.2. The normalized spacial score (nSPS) is 22.9. The molecule has 1 amide bonds. The number of benzene rings is 1. The Balaban J connectivity index is 1.81. The van der Waals surface area contributed by atoms with Crippen molar-refractivity contribution in [1.29, 1.82) is 0 Å². The predicted molar refractivity (Wildman–Crippen MR) is 94.1 cm³/mol. The number of aryl methyl sites for hydroxylation is 1. The van der Waals surface area contributed by atoms with E-state index in [1.54, 1.807) is 32.2 Å². The summed E-state index contributed by atoms with van der Waals surface area (Å²) in [5.74, 6) is 0.690. The van der Waals surface area contributed by atoms with Crippen molar-refractivity contribution in [1.82, 2.24) is 14.5 Å². The van der Waals surface area contributed by atoms with Crippen LogP contribution in [-0.2, 0) is 14.8 Å². The fraction of sp³-hybridized carbons (Fsp3) is 0.588. The van der Waals surface area contributed by atoms with Gasteiger partial charge in [0.25, 0.3) is 0 Å². The summed E-state index contributed by atoms with van der Waals surface area (Å²) in [6, 6.07) is 4.95. The van der Waals surface area contributed by atoms with Crippen LogP contribution < -0.4 is 10.1 Å². The van der Waals surface area contributed by atoms with Crippen LogP contribution in [0.25, 0.3) is 0 Å². The SMILES string of the molecule is COc1ccc(S(=O)(=O)N2CCCC(N3CCNCC3=O)C2)c(C)c1. The first-order valence-corrected chi connectivity index (χ1v) is 10.0. The van der Waals surface area contributed by atoms with Crippen LogP contribution in [0, 0.1) is 6.92 Å². The van der Waals surface area contributed by atoms with Crippen molar-refractivity contribution in [2.45, 2.75) is 30.7 Å². The van der Waals surface area contributed by atoms with E-state index >= 15 is 0 Å². The molecular formula is C17H25N3O4S. The quantitative estimate of drug-likeness (QED) is 0.843. The van der Waals surface area contributed by atoms with Gasteiger partial charge in [0.05, 0.1) is 18.6 Å². The highest BCUT2D eigenvalue weighted by Gasteiger charge is 2.35. The van der Waals surface area contributed by atoms with Gasteiger partial charge >= 0.3 is 0 Å². The van der Waals surface area contributed by atoms with Gasteiger partial charge in [0.2, 0.25) is 15.9 Å². The van der Waals surface area contributed by atoms with Gasteiger partial charge in [-0.3, -0.25) is 4.79 Å². The fourth-order valence-electron chi connectivity index (χ4n) is 3.58. The summed E-state index contributed by atoms with van der Waals surface area (Å²) in [5, 5.41) is 3.05. The Hall–Kier alpha value is -1.64. The topological polar surface area (TPSA) is 79.0 Å². The first-order valence-electron chi connectivity index (χ1n) is 8.58. The second-order valence-corrected chi connectivity index (χ2v) is 8.46. The number of piperidine rings is 1. The van der Waals surface area contributed by atoms with Gasteiger partial charge in [-0.05, 0) is 43.5 Å². The smallest absolute Gasteiger partial charge is 0.243 e. The standard InChI is InChI=1S/C17H25N3O4S/c1-13-10-15(24-2)5-6-16(13)25(22,23)19-8-3-4-14(12-19)20-9-7-18-11-17(20)21/h5-6,10,14,18H,3-4,7-9,11-12H2,1-2H3. The van der Waals surface area contributed by atoms with E-state index in [0.29, 0.717) is 42.4 Å². The number of nitrogens with zero attached hydrogens (tertiary/aromatic N) is 2. The maximum absolute atomic E-state index is 13.1. The molecule has 1 aromatic rings. The van der Waals surface area contributed by atoms with Crippen LogP contribution in [0.2, 0.25) is 0 Å². The van der Waals surface area contributed by atoms with Crippen LogP contribution >= 0.6 is 0 Å². The maximum atomic E-state index is 13.1. The molecule has 1 aromatic carbocycles. The van der Waals surface area contributed by atoms with Crippen molar-refractivity contribution in [2.24, 2.45) is 0 Å². The third-order valence-electron chi connectivity index (χ3n) is 4.93. The van der Waals surface area contributed by atoms with E-state index in [9.17, 15) is 13.2 Å². The lowest BCUT2D eigenvalue weighted by Gasteiger charge is -2.40. The van der Waals surface area contributed by atoms with Crippen molar-refractivity contribution in [2.75, 3.05) is 39.8 Å². The fourth-order valence-corrected chi connectivity index (χ4v) is 5.30. The maximum Gasteiger partial charge on any atom is 0.243 e. The van der Waals surface area contributed by atoms with Crippen LogP contribution in [0.15, 0.2) is 23.1 Å². The molecule has 2 saturated heterocycles. The number of rotatable bonds is 4. The Morgan fingerprint density at radius 1 is 1.28 bits per heavy atom. The summed E-state index contributed by atoms with van der Waals surface area (Å²) in [6.45, 7) is 4.35. The lowest BCUT2D eigenvalue weighted by molar-refractivity contribution is -0.135. The minimum absolute atomic E-state index is 0.0447. The Labute approximate surface area is 149 Å². The van der Waals surface area contributed by atoms with Crippen LogP contribution in [0.4, 0.5) is 0 Å². The molecule has 1 unspecified atom stereocenters. The number of piperazine rings is 1. The zero-order valence-corrected chi connectivity index (χ0v) is 15.5. The Morgan fingerprint density at radius 2 is 2.08 bits per heavy atom. The number of carbonyl (C=O) groups is 1. The lowest BCUT2D eigenvalue weighted by atomic mass is 10.1. The molecule has 2 aliphatic rings. The molecule has 2 aliphatic heterocycles. The van der Waals surface area contributed by atoms with Crippen LogP contribution in [0.5, 0.6) is 5.75 Å². The Bertz CT molecular complexity index is 750. The van der Waals surface area contributed by atoms with Gasteiger partial charge in [-0.25, -0.2) is 8.42 Å². The van der Waals surface area contributed by atoms with E-state index in [2.05, 4.69) is 5.32 Å². The van der Waals surface area contributed by atoms with Gasteiger partial charge in [0.15, 0.2) is 0 Å². The molecule has 25 heavy (non-hydrogen) atoms. The molecule has 0 aliphatic carbocycles. The van der Waals surface area contributed by atoms with Crippen LogP contribution in [0.3, 0.4) is 0 Å². The van der Waals surface area contributed by atoms with E-state index in [4.69, 9.17) is 4.74 Å². The second kappa shape index (κ2) is 7.31. The molecular weight excluding hydrogens is 342 g/mol. The van der Waals surface area contributed by atoms with Crippen LogP contribution in [0.1, 0.15) is 18.4 Å². The number of methoxy groups -OCH3 is 1. The Kier molecular flexibility index (Phi) is 5.31. The number of hydrogen-bond acceptors (Lipinski definition) is 5. The summed E-state index contributed by atoms with van der Waals surface area (Å²) >= 11 is 0. The van der Waals surface area contributed by atoms with Crippen LogP contribution in [-0.4, -0.2) is 69.4 Å². The number of hydrogen-bond donors (Lipinski definition) is 1. The molecule has 138 valence electrons. The Morgan fingerprint density at radius 3 is 2.76 bits per heavy atom. The van der Waals surface area contributed by atoms with Gasteiger partial charge in [0.1, 0.15) is 5.75 Å². The van der Waals surface area contributed by atoms with Crippen molar-refractivity contribution < 1.29 is 17.9 Å². The number of sulfonamides is 1. The van der Waals surface area contributed by atoms with Crippen molar-refractivity contribution in [3.05, 3.63) is 23.8 Å². The molecule has 0 radical (unpaired) electrons.